The third-order valence-corrected chi connectivity index (χ3v) is 4.47. The lowest BCUT2D eigenvalue weighted by atomic mass is 9.77. The third-order valence-electron chi connectivity index (χ3n) is 4.47. The van der Waals surface area contributed by atoms with Gasteiger partial charge in [-0.15, -0.1) is 0 Å². The molecule has 0 amide bonds. The van der Waals surface area contributed by atoms with E-state index in [4.69, 9.17) is 5.73 Å². The lowest BCUT2D eigenvalue weighted by Crippen LogP contribution is -2.43. The molecule has 2 nitrogen and oxygen atoms in total. The van der Waals surface area contributed by atoms with Gasteiger partial charge in [-0.25, -0.2) is 0 Å². The van der Waals surface area contributed by atoms with E-state index in [-0.39, 0.29) is 11.1 Å². The van der Waals surface area contributed by atoms with Crippen LogP contribution in [-0.4, -0.2) is 16.2 Å². The monoisotopic (exact) mass is 211 g/mol. The molecular weight excluding hydrogens is 186 g/mol. The first-order valence-electron chi connectivity index (χ1n) is 6.63. The summed E-state index contributed by atoms with van der Waals surface area (Å²) in [5.74, 6) is 0. The van der Waals surface area contributed by atoms with Gasteiger partial charge in [0.15, 0.2) is 0 Å². The Labute approximate surface area is 93.2 Å². The van der Waals surface area contributed by atoms with Gasteiger partial charge < -0.3 is 10.8 Å². The first-order chi connectivity index (χ1) is 7.12. The molecule has 0 saturated heterocycles. The maximum absolute atomic E-state index is 10.3. The normalized spacial score (nSPS) is 29.2. The van der Waals surface area contributed by atoms with Gasteiger partial charge in [-0.1, -0.05) is 32.1 Å². The van der Waals surface area contributed by atoms with Gasteiger partial charge in [-0.3, -0.25) is 0 Å². The van der Waals surface area contributed by atoms with Gasteiger partial charge in [0.25, 0.3) is 0 Å². The van der Waals surface area contributed by atoms with Crippen LogP contribution in [0.3, 0.4) is 0 Å². The van der Waals surface area contributed by atoms with Crippen molar-refractivity contribution in [2.24, 2.45) is 5.73 Å². The van der Waals surface area contributed by atoms with Crippen molar-refractivity contribution in [2.45, 2.75) is 81.8 Å². The van der Waals surface area contributed by atoms with Crippen LogP contribution in [0.4, 0.5) is 0 Å². The first kappa shape index (κ1) is 11.4. The van der Waals surface area contributed by atoms with E-state index < -0.39 is 0 Å². The molecule has 2 heteroatoms. The van der Waals surface area contributed by atoms with E-state index in [0.29, 0.717) is 0 Å². The minimum Gasteiger partial charge on any atom is -0.390 e. The average molecular weight is 211 g/mol. The van der Waals surface area contributed by atoms with Crippen LogP contribution < -0.4 is 5.73 Å². The fourth-order valence-corrected chi connectivity index (χ4v) is 3.27. The predicted molar refractivity (Wildman–Crippen MR) is 62.7 cm³/mol. The van der Waals surface area contributed by atoms with E-state index in [9.17, 15) is 5.11 Å². The molecule has 2 rings (SSSR count). The zero-order valence-corrected chi connectivity index (χ0v) is 9.80. The Balaban J connectivity index is 1.80. The Morgan fingerprint density at radius 2 is 1.33 bits per heavy atom. The van der Waals surface area contributed by atoms with E-state index in [1.165, 1.54) is 44.9 Å². The van der Waals surface area contributed by atoms with Crippen molar-refractivity contribution in [2.75, 3.05) is 0 Å². The fourth-order valence-electron chi connectivity index (χ4n) is 3.27. The minimum absolute atomic E-state index is 0.0522. The molecule has 15 heavy (non-hydrogen) atoms. The summed E-state index contributed by atoms with van der Waals surface area (Å²) >= 11 is 0. The summed E-state index contributed by atoms with van der Waals surface area (Å²) in [5.41, 5.74) is 6.08. The SMILES string of the molecule is NC1(CCC2(O)CCCC2)CCCCC1. The van der Waals surface area contributed by atoms with Crippen molar-refractivity contribution in [3.63, 3.8) is 0 Å². The van der Waals surface area contributed by atoms with Gasteiger partial charge in [0, 0.05) is 5.54 Å². The molecule has 0 spiro atoms. The summed E-state index contributed by atoms with van der Waals surface area (Å²) in [6.45, 7) is 0. The van der Waals surface area contributed by atoms with Crippen LogP contribution in [-0.2, 0) is 0 Å². The summed E-state index contributed by atoms with van der Waals surface area (Å²) in [7, 11) is 0. The van der Waals surface area contributed by atoms with Gasteiger partial charge in [0.05, 0.1) is 5.60 Å². The molecule has 0 aromatic heterocycles. The smallest absolute Gasteiger partial charge is 0.0648 e. The Morgan fingerprint density at radius 3 is 1.93 bits per heavy atom. The fraction of sp³-hybridized carbons (Fsp3) is 1.00. The van der Waals surface area contributed by atoms with Gasteiger partial charge in [-0.2, -0.15) is 0 Å². The van der Waals surface area contributed by atoms with E-state index in [1.54, 1.807) is 0 Å². The second-order valence-corrected chi connectivity index (χ2v) is 5.85. The van der Waals surface area contributed by atoms with Gasteiger partial charge in [0.1, 0.15) is 0 Å². The molecule has 0 bridgehead atoms. The van der Waals surface area contributed by atoms with Crippen LogP contribution in [0, 0.1) is 0 Å². The zero-order chi connectivity index (χ0) is 10.8. The number of aliphatic hydroxyl groups is 1. The Bertz CT molecular complexity index is 203. The molecule has 0 aromatic rings. The lowest BCUT2D eigenvalue weighted by molar-refractivity contribution is 0.0278. The van der Waals surface area contributed by atoms with Gasteiger partial charge in [0.2, 0.25) is 0 Å². The Kier molecular flexibility index (Phi) is 3.36. The lowest BCUT2D eigenvalue weighted by Gasteiger charge is -2.36. The van der Waals surface area contributed by atoms with Crippen molar-refractivity contribution in [1.29, 1.82) is 0 Å². The first-order valence-corrected chi connectivity index (χ1v) is 6.63. The second-order valence-electron chi connectivity index (χ2n) is 5.85. The molecule has 0 heterocycles. The molecule has 88 valence electrons. The standard InChI is InChI=1S/C13H25NO/c14-12(6-2-1-3-7-12)10-11-13(15)8-4-5-9-13/h15H,1-11,14H2. The van der Waals surface area contributed by atoms with Gasteiger partial charge in [-0.05, 0) is 38.5 Å². The second kappa shape index (κ2) is 4.42. The summed E-state index contributed by atoms with van der Waals surface area (Å²) in [6.07, 6.45) is 12.6. The quantitative estimate of drug-likeness (QED) is 0.754. The Hall–Kier alpha value is -0.0800. The zero-order valence-electron chi connectivity index (χ0n) is 9.80. The Morgan fingerprint density at radius 1 is 0.800 bits per heavy atom. The highest BCUT2D eigenvalue weighted by Gasteiger charge is 2.35. The summed E-state index contributed by atoms with van der Waals surface area (Å²) < 4.78 is 0. The summed E-state index contributed by atoms with van der Waals surface area (Å²) in [5, 5.41) is 10.3. The van der Waals surface area contributed by atoms with Crippen LogP contribution in [0.15, 0.2) is 0 Å². The highest BCUT2D eigenvalue weighted by Crippen LogP contribution is 2.37. The average Bonchev–Trinajstić information content (AvgIpc) is 2.65. The van der Waals surface area contributed by atoms with Gasteiger partial charge >= 0.3 is 0 Å². The number of nitrogens with two attached hydrogens (primary N) is 1. The van der Waals surface area contributed by atoms with Crippen LogP contribution in [0.2, 0.25) is 0 Å². The third kappa shape index (κ3) is 2.94. The van der Waals surface area contributed by atoms with Crippen LogP contribution in [0.1, 0.15) is 70.6 Å². The molecular formula is C13H25NO. The molecule has 0 atom stereocenters. The predicted octanol–water partition coefficient (Wildman–Crippen LogP) is 2.73. The van der Waals surface area contributed by atoms with Crippen molar-refractivity contribution in [3.05, 3.63) is 0 Å². The topological polar surface area (TPSA) is 46.2 Å². The molecule has 2 saturated carbocycles. The van der Waals surface area contributed by atoms with Crippen molar-refractivity contribution in [3.8, 4) is 0 Å². The summed E-state index contributed by atoms with van der Waals surface area (Å²) in [4.78, 5) is 0. The molecule has 0 aromatic carbocycles. The number of rotatable bonds is 3. The van der Waals surface area contributed by atoms with Crippen molar-refractivity contribution >= 4 is 0 Å². The van der Waals surface area contributed by atoms with E-state index in [0.717, 1.165) is 25.7 Å². The number of hydrogen-bond donors (Lipinski definition) is 2. The highest BCUT2D eigenvalue weighted by atomic mass is 16.3. The molecule has 2 aliphatic rings. The minimum atomic E-state index is -0.357. The van der Waals surface area contributed by atoms with Crippen molar-refractivity contribution in [1.82, 2.24) is 0 Å². The summed E-state index contributed by atoms with van der Waals surface area (Å²) in [6, 6.07) is 0. The van der Waals surface area contributed by atoms with E-state index in [1.807, 2.05) is 0 Å². The molecule has 0 unspecified atom stereocenters. The van der Waals surface area contributed by atoms with Crippen LogP contribution >= 0.6 is 0 Å². The molecule has 2 aliphatic carbocycles. The molecule has 3 N–H and O–H groups in total. The maximum Gasteiger partial charge on any atom is 0.0648 e. The highest BCUT2D eigenvalue weighted by molar-refractivity contribution is 4.92. The molecule has 0 aliphatic heterocycles. The number of hydrogen-bond acceptors (Lipinski definition) is 2. The van der Waals surface area contributed by atoms with Crippen LogP contribution in [0.25, 0.3) is 0 Å². The van der Waals surface area contributed by atoms with Crippen LogP contribution in [0.5, 0.6) is 0 Å². The molecule has 0 radical (unpaired) electrons. The van der Waals surface area contributed by atoms with E-state index >= 15 is 0 Å². The van der Waals surface area contributed by atoms with Crippen molar-refractivity contribution < 1.29 is 5.11 Å². The maximum atomic E-state index is 10.3. The molecule has 2 fully saturated rings. The van der Waals surface area contributed by atoms with E-state index in [2.05, 4.69) is 0 Å². The largest absolute Gasteiger partial charge is 0.390 e.